The summed E-state index contributed by atoms with van der Waals surface area (Å²) in [5.41, 5.74) is -1.41. The number of halogens is 1. The van der Waals surface area contributed by atoms with Gasteiger partial charge in [-0.15, -0.1) is 4.20 Å². The number of hydrogen-bond acceptors (Lipinski definition) is 4. The highest BCUT2D eigenvalue weighted by Gasteiger charge is 2.34. The van der Waals surface area contributed by atoms with Gasteiger partial charge in [0, 0.05) is 0 Å². The van der Waals surface area contributed by atoms with Gasteiger partial charge in [0.25, 0.3) is 0 Å². The maximum Gasteiger partial charge on any atom is 0.474 e. The average molecular weight is 184 g/mol. The van der Waals surface area contributed by atoms with Crippen molar-refractivity contribution in [3.63, 3.8) is 0 Å². The fraction of sp³-hybridized carbons (Fsp3) is 0.800. The highest BCUT2D eigenvalue weighted by atomic mass is 31.2. The van der Waals surface area contributed by atoms with E-state index in [1.165, 1.54) is 13.8 Å². The summed E-state index contributed by atoms with van der Waals surface area (Å²) in [5.74, 6) is 0. The third-order valence-electron chi connectivity index (χ3n) is 0.781. The van der Waals surface area contributed by atoms with E-state index in [4.69, 9.17) is 0 Å². The van der Waals surface area contributed by atoms with Crippen molar-refractivity contribution in [2.45, 2.75) is 13.8 Å². The van der Waals surface area contributed by atoms with Crippen LogP contribution in [0.25, 0.3) is 0 Å². The summed E-state index contributed by atoms with van der Waals surface area (Å²) < 4.78 is 31.3. The molecule has 0 rings (SSSR count). The lowest BCUT2D eigenvalue weighted by Crippen LogP contribution is -2.02. The second-order valence-corrected chi connectivity index (χ2v) is 3.18. The van der Waals surface area contributed by atoms with E-state index in [1.807, 2.05) is 0 Å². The minimum absolute atomic E-state index is 0.0141. The van der Waals surface area contributed by atoms with Crippen LogP contribution in [0.3, 0.4) is 0 Å². The van der Waals surface area contributed by atoms with Crippen molar-refractivity contribution in [3.8, 4) is 0 Å². The van der Waals surface area contributed by atoms with Crippen molar-refractivity contribution >= 4 is 13.4 Å². The van der Waals surface area contributed by atoms with E-state index in [-0.39, 0.29) is 13.2 Å². The fourth-order valence-corrected chi connectivity index (χ4v) is 1.14. The molecular weight excluding hydrogens is 174 g/mol. The van der Waals surface area contributed by atoms with Crippen molar-refractivity contribution < 1.29 is 22.8 Å². The topological polar surface area (TPSA) is 52.6 Å². The van der Waals surface area contributed by atoms with Gasteiger partial charge < -0.3 is 4.74 Å². The van der Waals surface area contributed by atoms with Gasteiger partial charge in [0.05, 0.1) is 13.2 Å². The van der Waals surface area contributed by atoms with Gasteiger partial charge in [-0.1, -0.05) is 0 Å². The van der Waals surface area contributed by atoms with Crippen LogP contribution in [0.2, 0.25) is 0 Å². The summed E-state index contributed by atoms with van der Waals surface area (Å²) in [5, 5.41) is 0. The monoisotopic (exact) mass is 184 g/mol. The molecule has 0 aliphatic rings. The van der Waals surface area contributed by atoms with Gasteiger partial charge in [0.15, 0.2) is 0 Å². The fourth-order valence-electron chi connectivity index (χ4n) is 0.419. The third kappa shape index (κ3) is 3.49. The van der Waals surface area contributed by atoms with Crippen molar-refractivity contribution in [1.29, 1.82) is 0 Å². The van der Waals surface area contributed by atoms with E-state index in [1.54, 1.807) is 0 Å². The Morgan fingerprint density at radius 3 is 2.36 bits per heavy atom. The first-order valence-corrected chi connectivity index (χ1v) is 4.67. The van der Waals surface area contributed by atoms with E-state index >= 15 is 0 Å². The first kappa shape index (κ1) is 10.6. The highest BCUT2D eigenvalue weighted by molar-refractivity contribution is 7.70. The normalized spacial score (nSPS) is 15.5. The van der Waals surface area contributed by atoms with Gasteiger partial charge >= 0.3 is 13.4 Å². The van der Waals surface area contributed by atoms with E-state index in [9.17, 15) is 13.6 Å². The molecule has 4 nitrogen and oxygen atoms in total. The maximum atomic E-state index is 12.5. The molecular formula is C5H10FO4P. The molecule has 0 amide bonds. The van der Waals surface area contributed by atoms with Gasteiger partial charge in [-0.2, -0.15) is 0 Å². The second-order valence-electron chi connectivity index (χ2n) is 1.60. The van der Waals surface area contributed by atoms with Gasteiger partial charge in [-0.05, 0) is 13.8 Å². The van der Waals surface area contributed by atoms with Crippen LogP contribution in [0.5, 0.6) is 0 Å². The van der Waals surface area contributed by atoms with Gasteiger partial charge in [0.1, 0.15) is 0 Å². The molecule has 1 unspecified atom stereocenters. The van der Waals surface area contributed by atoms with Crippen LogP contribution in [-0.4, -0.2) is 18.9 Å². The lowest BCUT2D eigenvalue weighted by Gasteiger charge is -2.05. The first-order valence-electron chi connectivity index (χ1n) is 3.16. The largest absolute Gasteiger partial charge is 0.474 e. The minimum Gasteiger partial charge on any atom is -0.457 e. The summed E-state index contributed by atoms with van der Waals surface area (Å²) in [4.78, 5) is 10.5. The Hall–Kier alpha value is -0.410. The summed E-state index contributed by atoms with van der Waals surface area (Å²) in [7, 11) is -4.66. The van der Waals surface area contributed by atoms with E-state index < -0.39 is 13.4 Å². The van der Waals surface area contributed by atoms with E-state index in [2.05, 4.69) is 9.26 Å². The zero-order valence-corrected chi connectivity index (χ0v) is 7.27. The Balaban J connectivity index is 4.07. The lowest BCUT2D eigenvalue weighted by atomic mass is 10.9. The lowest BCUT2D eigenvalue weighted by molar-refractivity contribution is 0.167. The molecule has 1 atom stereocenters. The SMILES string of the molecule is CCOC(=O)P(=O)(F)OCC. The molecule has 0 aromatic heterocycles. The quantitative estimate of drug-likeness (QED) is 0.629. The molecule has 0 heterocycles. The van der Waals surface area contributed by atoms with Crippen LogP contribution in [-0.2, 0) is 13.8 Å². The standard InChI is InChI=1S/C5H10FO4P/c1-3-9-5(7)11(6,8)10-4-2/h3-4H2,1-2H3. The molecule has 66 valence electrons. The molecule has 0 fully saturated rings. The number of carbonyl (C=O) groups excluding carboxylic acids is 1. The Morgan fingerprint density at radius 2 is 2.00 bits per heavy atom. The Morgan fingerprint density at radius 1 is 1.45 bits per heavy atom. The number of ether oxygens (including phenoxy) is 1. The van der Waals surface area contributed by atoms with Crippen LogP contribution >= 0.6 is 7.68 Å². The first-order chi connectivity index (χ1) is 5.04. The van der Waals surface area contributed by atoms with Gasteiger partial charge in [-0.25, -0.2) is 9.36 Å². The molecule has 0 aliphatic carbocycles. The van der Waals surface area contributed by atoms with E-state index in [0.717, 1.165) is 0 Å². The maximum absolute atomic E-state index is 12.5. The van der Waals surface area contributed by atoms with Gasteiger partial charge in [-0.3, -0.25) is 4.52 Å². The van der Waals surface area contributed by atoms with Gasteiger partial charge in [0.2, 0.25) is 0 Å². The molecule has 0 bridgehead atoms. The zero-order valence-electron chi connectivity index (χ0n) is 6.37. The van der Waals surface area contributed by atoms with Crippen LogP contribution < -0.4 is 0 Å². The molecule has 0 aromatic carbocycles. The molecule has 11 heavy (non-hydrogen) atoms. The Labute approximate surface area is 64.3 Å². The molecule has 0 radical (unpaired) electrons. The Bertz CT molecular complexity index is 181. The third-order valence-corrected chi connectivity index (χ3v) is 1.94. The molecule has 0 aromatic rings. The van der Waals surface area contributed by atoms with Crippen LogP contribution in [0, 0.1) is 0 Å². The van der Waals surface area contributed by atoms with E-state index in [0.29, 0.717) is 0 Å². The summed E-state index contributed by atoms with van der Waals surface area (Å²) in [6, 6.07) is 0. The minimum atomic E-state index is -4.66. The summed E-state index contributed by atoms with van der Waals surface area (Å²) >= 11 is 0. The van der Waals surface area contributed by atoms with Crippen molar-refractivity contribution in [2.24, 2.45) is 0 Å². The number of carbonyl (C=O) groups is 1. The molecule has 0 saturated carbocycles. The van der Waals surface area contributed by atoms with Crippen LogP contribution in [0.15, 0.2) is 0 Å². The molecule has 0 saturated heterocycles. The highest BCUT2D eigenvalue weighted by Crippen LogP contribution is 2.50. The van der Waals surface area contributed by atoms with Crippen LogP contribution in [0.1, 0.15) is 13.8 Å². The number of hydrogen-bond donors (Lipinski definition) is 0. The second kappa shape index (κ2) is 4.46. The predicted octanol–water partition coefficient (Wildman–Crippen LogP) is 2.34. The van der Waals surface area contributed by atoms with Crippen molar-refractivity contribution in [1.82, 2.24) is 0 Å². The van der Waals surface area contributed by atoms with Crippen molar-refractivity contribution in [2.75, 3.05) is 13.2 Å². The zero-order chi connectivity index (χ0) is 8.91. The molecule has 0 aliphatic heterocycles. The summed E-state index contributed by atoms with van der Waals surface area (Å²) in [6.07, 6.45) is 0. The summed E-state index contributed by atoms with van der Waals surface area (Å²) in [6.45, 7) is 2.79. The smallest absolute Gasteiger partial charge is 0.457 e. The number of rotatable bonds is 4. The predicted molar refractivity (Wildman–Crippen MR) is 37.4 cm³/mol. The van der Waals surface area contributed by atoms with Crippen molar-refractivity contribution in [3.05, 3.63) is 0 Å². The molecule has 0 spiro atoms. The molecule has 6 heteroatoms. The molecule has 0 N–H and O–H groups in total. The Kier molecular flexibility index (Phi) is 4.30. The average Bonchev–Trinajstić information content (AvgIpc) is 1.88. The van der Waals surface area contributed by atoms with Crippen LogP contribution in [0.4, 0.5) is 8.99 Å².